The van der Waals surface area contributed by atoms with Crippen molar-refractivity contribution in [1.82, 2.24) is 0 Å². The number of rotatable bonds is 2. The minimum atomic E-state index is -1.91. The maximum atomic E-state index is 8.07. The zero-order chi connectivity index (χ0) is 5.91. The van der Waals surface area contributed by atoms with Crippen molar-refractivity contribution in [3.05, 3.63) is 0 Å². The normalized spacial score (nSPS) is 10.5. The molecule has 0 fully saturated rings. The number of halogens is 1. The van der Waals surface area contributed by atoms with Gasteiger partial charge in [0.15, 0.2) is 6.54 Å². The third-order valence-electron chi connectivity index (χ3n) is 0.524. The molecular weight excluding hydrogens is 133 g/mol. The van der Waals surface area contributed by atoms with Crippen LogP contribution in [0.2, 0.25) is 0 Å². The summed E-state index contributed by atoms with van der Waals surface area (Å²) >= 11 is 0. The van der Waals surface area contributed by atoms with E-state index < -0.39 is 4.97 Å². The van der Waals surface area contributed by atoms with Crippen LogP contribution in [-0.2, 0) is 0 Å². The van der Waals surface area contributed by atoms with Gasteiger partial charge < -0.3 is 12.4 Å². The van der Waals surface area contributed by atoms with Crippen LogP contribution >= 0.6 is 0 Å². The van der Waals surface area contributed by atoms with Gasteiger partial charge in [-0.05, 0) is 0 Å². The molecule has 0 rings (SSSR count). The second-order valence-electron chi connectivity index (χ2n) is 1.42. The summed E-state index contributed by atoms with van der Waals surface area (Å²) in [6.07, 6.45) is 0.531. The Kier molecular flexibility index (Phi) is 5.57. The summed E-state index contributed by atoms with van der Waals surface area (Å²) in [5, 5.41) is 24.2. The first-order valence-corrected chi connectivity index (χ1v) is 2.12. The summed E-state index contributed by atoms with van der Waals surface area (Å²) in [7, 11) is 0. The van der Waals surface area contributed by atoms with E-state index in [2.05, 4.69) is 0 Å². The van der Waals surface area contributed by atoms with Crippen LogP contribution in [0.15, 0.2) is 0 Å². The lowest BCUT2D eigenvalue weighted by Gasteiger charge is -2.08. The Bertz CT molecular complexity index is 53.0. The molecule has 4 nitrogen and oxygen atoms in total. The van der Waals surface area contributed by atoms with Crippen molar-refractivity contribution >= 4 is 0 Å². The molecule has 5 heteroatoms. The van der Waals surface area contributed by atoms with Crippen LogP contribution in [0.4, 0.5) is 0 Å². The van der Waals surface area contributed by atoms with Gasteiger partial charge in [-0.1, -0.05) is 6.92 Å². The van der Waals surface area contributed by atoms with Crippen molar-refractivity contribution in [1.29, 1.82) is 0 Å². The van der Waals surface area contributed by atoms with Gasteiger partial charge in [0, 0.05) is 6.42 Å². The predicted octanol–water partition coefficient (Wildman–Crippen LogP) is -2.62. The Hall–Kier alpha value is 0.130. The summed E-state index contributed by atoms with van der Waals surface area (Å²) in [6, 6.07) is 0. The lowest BCUT2D eigenvalue weighted by molar-refractivity contribution is -1.37. The standard InChI is InChI=1S/C3H10NO3.ClH/c1-2-3-4(5,6)7;/h5-7H,2-3H2,1H3;1H/q+1;/p-1. The molecule has 0 aliphatic carbocycles. The molecule has 8 heavy (non-hydrogen) atoms. The molecule has 0 unspecified atom stereocenters. The van der Waals surface area contributed by atoms with Gasteiger partial charge >= 0.3 is 0 Å². The van der Waals surface area contributed by atoms with Gasteiger partial charge in [0.2, 0.25) is 0 Å². The lowest BCUT2D eigenvalue weighted by atomic mass is 10.5. The fraction of sp³-hybridized carbons (Fsp3) is 1.00. The molecule has 0 amide bonds. The van der Waals surface area contributed by atoms with E-state index in [-0.39, 0.29) is 19.0 Å². The van der Waals surface area contributed by atoms with Gasteiger partial charge in [-0.15, -0.1) is 15.6 Å². The summed E-state index contributed by atoms with van der Waals surface area (Å²) in [6.45, 7) is 1.68. The molecule has 0 radical (unpaired) electrons. The van der Waals surface area contributed by atoms with Crippen LogP contribution in [0.3, 0.4) is 0 Å². The number of nitrogens with zero attached hydrogens (tertiary/aromatic N) is 1. The molecule has 3 N–H and O–H groups in total. The van der Waals surface area contributed by atoms with Gasteiger partial charge in [0.25, 0.3) is 0 Å². The molecule has 0 aliphatic rings. The SMILES string of the molecule is CCC[N+](O)(O)O.[Cl-]. The topological polar surface area (TPSA) is 60.7 Å². The molecule has 0 bridgehead atoms. The van der Waals surface area contributed by atoms with Crippen molar-refractivity contribution < 1.29 is 33.0 Å². The Labute approximate surface area is 53.8 Å². The number of hydrogen-bond acceptors (Lipinski definition) is 3. The molecule has 0 spiro atoms. The molecule has 0 aromatic rings. The van der Waals surface area contributed by atoms with E-state index in [0.29, 0.717) is 6.42 Å². The first-order chi connectivity index (χ1) is 3.06. The Morgan fingerprint density at radius 1 is 1.25 bits per heavy atom. The lowest BCUT2D eigenvalue weighted by Crippen LogP contribution is -3.00. The number of hydroxylamine groups is 3. The third kappa shape index (κ3) is 9.46. The summed E-state index contributed by atoms with van der Waals surface area (Å²) in [5.74, 6) is 0. The van der Waals surface area contributed by atoms with Crippen LogP contribution in [0, 0.1) is 0 Å². The number of hydrogen-bond donors (Lipinski definition) is 3. The molecule has 0 heterocycles. The highest BCUT2D eigenvalue weighted by molar-refractivity contribution is 4.11. The first kappa shape index (κ1) is 11.0. The van der Waals surface area contributed by atoms with Gasteiger partial charge in [-0.25, -0.2) is 0 Å². The average molecular weight is 144 g/mol. The molecular formula is C3H10ClNO3. The fourth-order valence-electron chi connectivity index (χ4n) is 0.300. The molecule has 0 saturated heterocycles. The monoisotopic (exact) mass is 143 g/mol. The van der Waals surface area contributed by atoms with Crippen molar-refractivity contribution in [2.24, 2.45) is 0 Å². The van der Waals surface area contributed by atoms with E-state index in [4.69, 9.17) is 15.6 Å². The molecule has 52 valence electrons. The summed E-state index contributed by atoms with van der Waals surface area (Å²) in [4.78, 5) is -1.91. The average Bonchev–Trinajstić information content (AvgIpc) is 1.30. The van der Waals surface area contributed by atoms with Crippen molar-refractivity contribution in [2.45, 2.75) is 13.3 Å². The minimum absolute atomic E-state index is 0. The second kappa shape index (κ2) is 4.05. The minimum Gasteiger partial charge on any atom is -1.00 e. The summed E-state index contributed by atoms with van der Waals surface area (Å²) in [5.41, 5.74) is 0. The van der Waals surface area contributed by atoms with Crippen LogP contribution in [0.1, 0.15) is 13.3 Å². The molecule has 0 aliphatic heterocycles. The first-order valence-electron chi connectivity index (χ1n) is 2.12. The van der Waals surface area contributed by atoms with Crippen LogP contribution in [0.25, 0.3) is 0 Å². The van der Waals surface area contributed by atoms with E-state index in [1.54, 1.807) is 6.92 Å². The molecule has 0 aromatic heterocycles. The van der Waals surface area contributed by atoms with Gasteiger partial charge in [-0.3, -0.25) is 0 Å². The third-order valence-corrected chi connectivity index (χ3v) is 0.524. The highest BCUT2D eigenvalue weighted by Crippen LogP contribution is 1.88. The maximum absolute atomic E-state index is 8.07. The van der Waals surface area contributed by atoms with Crippen molar-refractivity contribution in [3.8, 4) is 0 Å². The molecule has 0 saturated carbocycles. The van der Waals surface area contributed by atoms with E-state index in [0.717, 1.165) is 0 Å². The zero-order valence-corrected chi connectivity index (χ0v) is 5.34. The maximum Gasteiger partial charge on any atom is 0.177 e. The Balaban J connectivity index is 0. The second-order valence-corrected chi connectivity index (χ2v) is 1.42. The largest absolute Gasteiger partial charge is 1.00 e. The number of quaternary nitrogens is 1. The smallest absolute Gasteiger partial charge is 0.177 e. The van der Waals surface area contributed by atoms with Gasteiger partial charge in [0.1, 0.15) is 0 Å². The van der Waals surface area contributed by atoms with E-state index in [1.807, 2.05) is 0 Å². The van der Waals surface area contributed by atoms with Gasteiger partial charge in [-0.2, -0.15) is 0 Å². The van der Waals surface area contributed by atoms with Crippen LogP contribution in [0.5, 0.6) is 0 Å². The summed E-state index contributed by atoms with van der Waals surface area (Å²) < 4.78 is 0. The molecule has 0 atom stereocenters. The van der Waals surface area contributed by atoms with E-state index in [9.17, 15) is 0 Å². The quantitative estimate of drug-likeness (QED) is 0.293. The Morgan fingerprint density at radius 2 is 1.62 bits per heavy atom. The molecule has 0 aromatic carbocycles. The Morgan fingerprint density at radius 3 is 1.62 bits per heavy atom. The highest BCUT2D eigenvalue weighted by Gasteiger charge is 2.14. The van der Waals surface area contributed by atoms with Crippen molar-refractivity contribution in [3.63, 3.8) is 0 Å². The van der Waals surface area contributed by atoms with E-state index >= 15 is 0 Å². The predicted molar refractivity (Wildman–Crippen MR) is 20.8 cm³/mol. The van der Waals surface area contributed by atoms with Crippen LogP contribution < -0.4 is 12.4 Å². The van der Waals surface area contributed by atoms with Gasteiger partial charge in [0.05, 0.1) is 4.97 Å². The van der Waals surface area contributed by atoms with E-state index in [1.165, 1.54) is 0 Å². The zero-order valence-electron chi connectivity index (χ0n) is 4.58. The fourth-order valence-corrected chi connectivity index (χ4v) is 0.300. The highest BCUT2D eigenvalue weighted by atomic mass is 35.5. The van der Waals surface area contributed by atoms with Crippen LogP contribution in [-0.4, -0.2) is 27.1 Å². The van der Waals surface area contributed by atoms with Crippen molar-refractivity contribution in [2.75, 3.05) is 6.54 Å².